The molecule has 3 rings (SSSR count). The zero-order valence-electron chi connectivity index (χ0n) is 11.9. The number of hydrogen-bond donors (Lipinski definition) is 1. The lowest BCUT2D eigenvalue weighted by Crippen LogP contribution is -2.14. The molecule has 1 amide bonds. The molecule has 0 saturated carbocycles. The summed E-state index contributed by atoms with van der Waals surface area (Å²) >= 11 is 2.81. The van der Waals surface area contributed by atoms with E-state index in [1.807, 2.05) is 35.2 Å². The molecular weight excluding hydrogens is 320 g/mol. The fraction of sp³-hybridized carbons (Fsp3) is 0.214. The van der Waals surface area contributed by atoms with E-state index in [1.54, 1.807) is 12.5 Å². The van der Waals surface area contributed by atoms with Crippen LogP contribution in [0.1, 0.15) is 11.5 Å². The van der Waals surface area contributed by atoms with E-state index in [4.69, 9.17) is 4.42 Å². The van der Waals surface area contributed by atoms with E-state index in [0.717, 1.165) is 16.6 Å². The number of imidazole rings is 1. The summed E-state index contributed by atoms with van der Waals surface area (Å²) in [6.07, 6.45) is 5.23. The van der Waals surface area contributed by atoms with Crippen molar-refractivity contribution in [2.45, 2.75) is 18.6 Å². The molecule has 0 radical (unpaired) electrons. The van der Waals surface area contributed by atoms with Gasteiger partial charge in [0.25, 0.3) is 0 Å². The van der Waals surface area contributed by atoms with E-state index in [-0.39, 0.29) is 11.7 Å². The van der Waals surface area contributed by atoms with Crippen LogP contribution in [0.25, 0.3) is 0 Å². The van der Waals surface area contributed by atoms with Crippen molar-refractivity contribution in [3.8, 4) is 0 Å². The van der Waals surface area contributed by atoms with E-state index < -0.39 is 0 Å². The minimum atomic E-state index is -0.0908. The second-order valence-electron chi connectivity index (χ2n) is 4.55. The van der Waals surface area contributed by atoms with E-state index >= 15 is 0 Å². The van der Waals surface area contributed by atoms with Crippen LogP contribution < -0.4 is 5.32 Å². The number of nitrogens with one attached hydrogen (secondary N) is 1. The molecular formula is C14H14N4O2S2. The Kier molecular flexibility index (Phi) is 4.59. The average Bonchev–Trinajstić information content (AvgIpc) is 3.21. The van der Waals surface area contributed by atoms with Gasteiger partial charge in [0, 0.05) is 17.8 Å². The SMILES string of the molecule is Cc1csc(NC(=O)CSc2nccn2Cc2ccco2)n1. The van der Waals surface area contributed by atoms with Crippen molar-refractivity contribution in [2.24, 2.45) is 0 Å². The Bertz CT molecular complexity index is 749. The molecule has 0 aromatic carbocycles. The van der Waals surface area contributed by atoms with Crippen molar-refractivity contribution in [3.05, 3.63) is 47.6 Å². The normalized spacial score (nSPS) is 10.8. The van der Waals surface area contributed by atoms with Gasteiger partial charge in [-0.25, -0.2) is 9.97 Å². The molecule has 0 bridgehead atoms. The van der Waals surface area contributed by atoms with Crippen LogP contribution in [0.2, 0.25) is 0 Å². The molecule has 0 aliphatic rings. The van der Waals surface area contributed by atoms with Crippen LogP contribution in [0.5, 0.6) is 0 Å². The van der Waals surface area contributed by atoms with Crippen molar-refractivity contribution < 1.29 is 9.21 Å². The van der Waals surface area contributed by atoms with Gasteiger partial charge in [-0.15, -0.1) is 11.3 Å². The molecule has 0 unspecified atom stereocenters. The van der Waals surface area contributed by atoms with E-state index in [9.17, 15) is 4.79 Å². The molecule has 1 N–H and O–H groups in total. The molecule has 114 valence electrons. The number of aromatic nitrogens is 3. The van der Waals surface area contributed by atoms with Crippen LogP contribution in [0, 0.1) is 6.92 Å². The van der Waals surface area contributed by atoms with Crippen LogP contribution in [-0.2, 0) is 11.3 Å². The minimum Gasteiger partial charge on any atom is -0.467 e. The molecule has 8 heteroatoms. The highest BCUT2D eigenvalue weighted by Gasteiger charge is 2.10. The van der Waals surface area contributed by atoms with E-state index in [2.05, 4.69) is 15.3 Å². The van der Waals surface area contributed by atoms with Gasteiger partial charge < -0.3 is 14.3 Å². The van der Waals surface area contributed by atoms with Crippen LogP contribution in [0.4, 0.5) is 5.13 Å². The molecule has 0 saturated heterocycles. The van der Waals surface area contributed by atoms with Gasteiger partial charge in [-0.3, -0.25) is 4.79 Å². The predicted octanol–water partition coefficient (Wildman–Crippen LogP) is 3.02. The van der Waals surface area contributed by atoms with E-state index in [1.165, 1.54) is 23.1 Å². The van der Waals surface area contributed by atoms with Crippen molar-refractivity contribution in [1.82, 2.24) is 14.5 Å². The number of rotatable bonds is 6. The summed E-state index contributed by atoms with van der Waals surface area (Å²) in [5, 5.41) is 6.09. The highest BCUT2D eigenvalue weighted by Crippen LogP contribution is 2.19. The summed E-state index contributed by atoms with van der Waals surface area (Å²) in [5.74, 6) is 1.04. The summed E-state index contributed by atoms with van der Waals surface area (Å²) in [6.45, 7) is 2.50. The molecule has 0 atom stereocenters. The fourth-order valence-electron chi connectivity index (χ4n) is 1.82. The Balaban J connectivity index is 1.55. The maximum Gasteiger partial charge on any atom is 0.236 e. The smallest absolute Gasteiger partial charge is 0.236 e. The number of thiazole rings is 1. The minimum absolute atomic E-state index is 0.0908. The van der Waals surface area contributed by atoms with Gasteiger partial charge in [0.15, 0.2) is 10.3 Å². The maximum absolute atomic E-state index is 11.9. The number of thioether (sulfide) groups is 1. The number of nitrogens with zero attached hydrogens (tertiary/aromatic N) is 3. The van der Waals surface area contributed by atoms with Crippen LogP contribution in [0.15, 0.2) is 45.7 Å². The number of carbonyl (C=O) groups is 1. The van der Waals surface area contributed by atoms with Gasteiger partial charge in [-0.2, -0.15) is 0 Å². The second-order valence-corrected chi connectivity index (χ2v) is 6.35. The first kappa shape index (κ1) is 14.9. The molecule has 6 nitrogen and oxygen atoms in total. The third kappa shape index (κ3) is 3.77. The third-order valence-electron chi connectivity index (χ3n) is 2.78. The Morgan fingerprint density at radius 1 is 1.55 bits per heavy atom. The molecule has 0 aliphatic carbocycles. The highest BCUT2D eigenvalue weighted by atomic mass is 32.2. The first-order valence-electron chi connectivity index (χ1n) is 6.59. The highest BCUT2D eigenvalue weighted by molar-refractivity contribution is 7.99. The zero-order chi connectivity index (χ0) is 15.4. The fourth-order valence-corrected chi connectivity index (χ4v) is 3.29. The van der Waals surface area contributed by atoms with Gasteiger partial charge in [0.1, 0.15) is 5.76 Å². The number of carbonyl (C=O) groups excluding carboxylic acids is 1. The Morgan fingerprint density at radius 3 is 3.18 bits per heavy atom. The lowest BCUT2D eigenvalue weighted by molar-refractivity contribution is -0.113. The number of furan rings is 1. The topological polar surface area (TPSA) is 73.0 Å². The Hall–Kier alpha value is -2.06. The molecule has 3 aromatic heterocycles. The summed E-state index contributed by atoms with van der Waals surface area (Å²) in [5.41, 5.74) is 0.905. The van der Waals surface area contributed by atoms with E-state index in [0.29, 0.717) is 11.7 Å². The van der Waals surface area contributed by atoms with Gasteiger partial charge >= 0.3 is 0 Å². The summed E-state index contributed by atoms with van der Waals surface area (Å²) in [6, 6.07) is 3.76. The maximum atomic E-state index is 11.9. The number of amides is 1. The Labute approximate surface area is 135 Å². The number of hydrogen-bond acceptors (Lipinski definition) is 6. The third-order valence-corrected chi connectivity index (χ3v) is 4.66. The number of aryl methyl sites for hydroxylation is 1. The largest absolute Gasteiger partial charge is 0.467 e. The van der Waals surface area contributed by atoms with Crippen molar-refractivity contribution in [2.75, 3.05) is 11.1 Å². The monoisotopic (exact) mass is 334 g/mol. The van der Waals surface area contributed by atoms with Crippen molar-refractivity contribution in [1.29, 1.82) is 0 Å². The number of anilines is 1. The summed E-state index contributed by atoms with van der Waals surface area (Å²) < 4.78 is 7.27. The van der Waals surface area contributed by atoms with Crippen molar-refractivity contribution in [3.63, 3.8) is 0 Å². The molecule has 0 spiro atoms. The van der Waals surface area contributed by atoms with Crippen LogP contribution >= 0.6 is 23.1 Å². The van der Waals surface area contributed by atoms with Gasteiger partial charge in [-0.1, -0.05) is 11.8 Å². The Morgan fingerprint density at radius 2 is 2.45 bits per heavy atom. The quantitative estimate of drug-likeness (QED) is 0.702. The lowest BCUT2D eigenvalue weighted by atomic mass is 10.4. The van der Waals surface area contributed by atoms with Gasteiger partial charge in [0.05, 0.1) is 24.3 Å². The van der Waals surface area contributed by atoms with Gasteiger partial charge in [0.2, 0.25) is 5.91 Å². The van der Waals surface area contributed by atoms with Crippen LogP contribution in [-0.4, -0.2) is 26.2 Å². The standard InChI is InChI=1S/C14H14N4O2S2/c1-10-8-21-13(16-10)17-12(19)9-22-14-15-4-5-18(14)7-11-3-2-6-20-11/h2-6,8H,7,9H2,1H3,(H,16,17,19). The van der Waals surface area contributed by atoms with Crippen molar-refractivity contribution >= 4 is 34.1 Å². The summed E-state index contributed by atoms with van der Waals surface area (Å²) in [7, 11) is 0. The first-order valence-corrected chi connectivity index (χ1v) is 8.45. The molecule has 3 aromatic rings. The average molecular weight is 334 g/mol. The first-order chi connectivity index (χ1) is 10.7. The zero-order valence-corrected chi connectivity index (χ0v) is 13.5. The van der Waals surface area contributed by atoms with Crippen LogP contribution in [0.3, 0.4) is 0 Å². The van der Waals surface area contributed by atoms with Gasteiger partial charge in [-0.05, 0) is 19.1 Å². The lowest BCUT2D eigenvalue weighted by Gasteiger charge is -2.05. The molecule has 22 heavy (non-hydrogen) atoms. The molecule has 0 aliphatic heterocycles. The summed E-state index contributed by atoms with van der Waals surface area (Å²) in [4.78, 5) is 20.4. The molecule has 0 fully saturated rings. The second kappa shape index (κ2) is 6.80. The molecule has 3 heterocycles. The predicted molar refractivity (Wildman–Crippen MR) is 86.2 cm³/mol.